The molecule has 2 aromatic heterocycles. The molecule has 9 heteroatoms. The summed E-state index contributed by atoms with van der Waals surface area (Å²) in [5, 5.41) is 4.28. The van der Waals surface area contributed by atoms with Gasteiger partial charge in [-0.1, -0.05) is 11.6 Å². The van der Waals surface area contributed by atoms with Crippen LogP contribution >= 0.6 is 11.6 Å². The van der Waals surface area contributed by atoms with Gasteiger partial charge in [-0.05, 0) is 26.0 Å². The van der Waals surface area contributed by atoms with Crippen LogP contribution in [0.2, 0.25) is 5.02 Å². The monoisotopic (exact) mass is 318 g/mol. The van der Waals surface area contributed by atoms with E-state index in [0.717, 1.165) is 10.7 Å². The van der Waals surface area contributed by atoms with Crippen LogP contribution in [0.3, 0.4) is 0 Å². The zero-order valence-corrected chi connectivity index (χ0v) is 11.7. The third-order valence-electron chi connectivity index (χ3n) is 2.83. The fourth-order valence-electron chi connectivity index (χ4n) is 1.79. The second-order valence-electron chi connectivity index (χ2n) is 4.33. The lowest BCUT2D eigenvalue weighted by Crippen LogP contribution is -2.19. The highest BCUT2D eigenvalue weighted by atomic mass is 35.5. The number of hydrogen-bond acceptors (Lipinski definition) is 3. The van der Waals surface area contributed by atoms with Crippen molar-refractivity contribution in [2.75, 3.05) is 0 Å². The molecule has 0 saturated carbocycles. The zero-order valence-electron chi connectivity index (χ0n) is 11.0. The van der Waals surface area contributed by atoms with E-state index in [2.05, 4.69) is 10.1 Å². The van der Waals surface area contributed by atoms with Gasteiger partial charge < -0.3 is 5.73 Å². The van der Waals surface area contributed by atoms with Gasteiger partial charge in [-0.2, -0.15) is 18.3 Å². The van der Waals surface area contributed by atoms with Crippen molar-refractivity contribution in [3.05, 3.63) is 39.8 Å². The Labute approximate surface area is 122 Å². The Kier molecular flexibility index (Phi) is 3.66. The number of hydrogen-bond donors (Lipinski definition) is 1. The minimum Gasteiger partial charge on any atom is -0.365 e. The van der Waals surface area contributed by atoms with Gasteiger partial charge in [0.1, 0.15) is 5.69 Å². The van der Waals surface area contributed by atoms with Crippen LogP contribution in [0, 0.1) is 13.8 Å². The van der Waals surface area contributed by atoms with Crippen LogP contribution in [0.5, 0.6) is 0 Å². The summed E-state index contributed by atoms with van der Waals surface area (Å²) in [6, 6.07) is 1.66. The maximum atomic E-state index is 12.8. The Morgan fingerprint density at radius 2 is 1.95 bits per heavy atom. The molecule has 2 heterocycles. The van der Waals surface area contributed by atoms with E-state index >= 15 is 0 Å². The highest BCUT2D eigenvalue weighted by molar-refractivity contribution is 6.31. The average molecular weight is 319 g/mol. The maximum Gasteiger partial charge on any atom is 0.433 e. The highest BCUT2D eigenvalue weighted by Gasteiger charge is 2.34. The van der Waals surface area contributed by atoms with Crippen LogP contribution in [-0.2, 0) is 6.18 Å². The lowest BCUT2D eigenvalue weighted by molar-refractivity contribution is -0.141. The molecule has 0 atom stereocenters. The van der Waals surface area contributed by atoms with E-state index in [9.17, 15) is 18.0 Å². The summed E-state index contributed by atoms with van der Waals surface area (Å²) < 4.78 is 39.4. The molecule has 0 fully saturated rings. The van der Waals surface area contributed by atoms with E-state index in [1.54, 1.807) is 13.8 Å². The summed E-state index contributed by atoms with van der Waals surface area (Å²) in [4.78, 5) is 14.9. The Balaban J connectivity index is 2.75. The van der Waals surface area contributed by atoms with E-state index in [0.29, 0.717) is 17.5 Å². The lowest BCUT2D eigenvalue weighted by atomic mass is 10.2. The standard InChI is InChI=1S/C12H10ClF3N4O/c1-5-9(13)6(2)20(19-5)11-7(10(17)21)3-4-8(18-11)12(14,15)16/h3-4H,1-2H3,(H2,17,21). The number of amides is 1. The van der Waals surface area contributed by atoms with E-state index < -0.39 is 17.8 Å². The first-order valence-electron chi connectivity index (χ1n) is 5.73. The summed E-state index contributed by atoms with van der Waals surface area (Å²) in [5.74, 6) is -1.21. The molecular weight excluding hydrogens is 309 g/mol. The number of alkyl halides is 3. The number of carbonyl (C=O) groups excluding carboxylic acids is 1. The molecule has 0 aliphatic carbocycles. The largest absolute Gasteiger partial charge is 0.433 e. The van der Waals surface area contributed by atoms with Gasteiger partial charge in [-0.3, -0.25) is 4.79 Å². The van der Waals surface area contributed by atoms with Crippen LogP contribution in [-0.4, -0.2) is 20.7 Å². The number of aryl methyl sites for hydroxylation is 1. The molecule has 2 rings (SSSR count). The average Bonchev–Trinajstić information content (AvgIpc) is 2.64. The van der Waals surface area contributed by atoms with E-state index in [4.69, 9.17) is 17.3 Å². The molecule has 0 aromatic carbocycles. The molecule has 0 unspecified atom stereocenters. The normalized spacial score (nSPS) is 11.7. The van der Waals surface area contributed by atoms with Gasteiger partial charge in [-0.15, -0.1) is 0 Å². The van der Waals surface area contributed by atoms with Crippen molar-refractivity contribution in [2.45, 2.75) is 20.0 Å². The molecule has 0 aliphatic heterocycles. The van der Waals surface area contributed by atoms with Gasteiger partial charge in [0.2, 0.25) is 0 Å². The fourth-order valence-corrected chi connectivity index (χ4v) is 1.91. The molecule has 5 nitrogen and oxygen atoms in total. The first kappa shape index (κ1) is 15.3. The number of carbonyl (C=O) groups is 1. The molecule has 2 N–H and O–H groups in total. The highest BCUT2D eigenvalue weighted by Crippen LogP contribution is 2.30. The summed E-state index contributed by atoms with van der Waals surface area (Å²) >= 11 is 5.96. The summed E-state index contributed by atoms with van der Waals surface area (Å²) in [7, 11) is 0. The van der Waals surface area contributed by atoms with Crippen molar-refractivity contribution in [1.82, 2.24) is 14.8 Å². The van der Waals surface area contributed by atoms with Crippen molar-refractivity contribution in [3.8, 4) is 5.82 Å². The minimum absolute atomic E-state index is 0.176. The molecule has 0 bridgehead atoms. The van der Waals surface area contributed by atoms with Gasteiger partial charge in [0.15, 0.2) is 5.82 Å². The number of primary amides is 1. The van der Waals surface area contributed by atoms with Gasteiger partial charge >= 0.3 is 6.18 Å². The number of rotatable bonds is 2. The number of nitrogens with two attached hydrogens (primary N) is 1. The van der Waals surface area contributed by atoms with Gasteiger partial charge in [0.05, 0.1) is 22.0 Å². The molecular formula is C12H10ClF3N4O. The second-order valence-corrected chi connectivity index (χ2v) is 4.70. The Morgan fingerprint density at radius 3 is 2.38 bits per heavy atom. The van der Waals surface area contributed by atoms with Crippen molar-refractivity contribution in [1.29, 1.82) is 0 Å². The number of aromatic nitrogens is 3. The molecule has 112 valence electrons. The van der Waals surface area contributed by atoms with Crippen molar-refractivity contribution in [3.63, 3.8) is 0 Å². The Morgan fingerprint density at radius 1 is 1.33 bits per heavy atom. The van der Waals surface area contributed by atoms with Crippen LogP contribution < -0.4 is 5.73 Å². The molecule has 1 amide bonds. The van der Waals surface area contributed by atoms with Gasteiger partial charge in [0, 0.05) is 0 Å². The van der Waals surface area contributed by atoms with E-state index in [-0.39, 0.29) is 16.4 Å². The second kappa shape index (κ2) is 5.03. The van der Waals surface area contributed by atoms with E-state index in [1.165, 1.54) is 0 Å². The van der Waals surface area contributed by atoms with Crippen molar-refractivity contribution >= 4 is 17.5 Å². The number of nitrogens with zero attached hydrogens (tertiary/aromatic N) is 3. The molecule has 21 heavy (non-hydrogen) atoms. The lowest BCUT2D eigenvalue weighted by Gasteiger charge is -2.12. The first-order valence-corrected chi connectivity index (χ1v) is 6.11. The third-order valence-corrected chi connectivity index (χ3v) is 3.38. The number of pyridine rings is 1. The molecule has 0 saturated heterocycles. The van der Waals surface area contributed by atoms with Gasteiger partial charge in [0.25, 0.3) is 5.91 Å². The van der Waals surface area contributed by atoms with Crippen LogP contribution in [0.25, 0.3) is 5.82 Å². The van der Waals surface area contributed by atoms with Gasteiger partial charge in [-0.25, -0.2) is 9.67 Å². The minimum atomic E-state index is -4.65. The van der Waals surface area contributed by atoms with Crippen LogP contribution in [0.15, 0.2) is 12.1 Å². The third kappa shape index (κ3) is 2.71. The van der Waals surface area contributed by atoms with Crippen LogP contribution in [0.1, 0.15) is 27.4 Å². The predicted octanol–water partition coefficient (Wildman–Crippen LogP) is 2.66. The first-order chi connectivity index (χ1) is 9.62. The smallest absolute Gasteiger partial charge is 0.365 e. The zero-order chi connectivity index (χ0) is 15.9. The number of halogens is 4. The Hall–Kier alpha value is -2.09. The van der Waals surface area contributed by atoms with Crippen molar-refractivity contribution in [2.24, 2.45) is 5.73 Å². The predicted molar refractivity (Wildman–Crippen MR) is 69.4 cm³/mol. The summed E-state index contributed by atoms with van der Waals surface area (Å²) in [6.45, 7) is 3.14. The Bertz CT molecular complexity index is 724. The SMILES string of the molecule is Cc1nn(-c2nc(C(F)(F)F)ccc2C(N)=O)c(C)c1Cl. The van der Waals surface area contributed by atoms with Crippen LogP contribution in [0.4, 0.5) is 13.2 Å². The maximum absolute atomic E-state index is 12.8. The molecule has 0 aliphatic rings. The van der Waals surface area contributed by atoms with Crippen molar-refractivity contribution < 1.29 is 18.0 Å². The summed E-state index contributed by atoms with van der Waals surface area (Å²) in [6.07, 6.45) is -4.65. The summed E-state index contributed by atoms with van der Waals surface area (Å²) in [5.41, 5.74) is 4.62. The molecule has 0 spiro atoms. The topological polar surface area (TPSA) is 73.8 Å². The molecule has 0 radical (unpaired) electrons. The van der Waals surface area contributed by atoms with E-state index in [1.807, 2.05) is 0 Å². The fraction of sp³-hybridized carbons (Fsp3) is 0.250. The quantitative estimate of drug-likeness (QED) is 0.925. The molecule has 2 aromatic rings.